The van der Waals surface area contributed by atoms with Crippen LogP contribution >= 0.6 is 0 Å². The molecule has 2 atom stereocenters. The van der Waals surface area contributed by atoms with Crippen LogP contribution in [-0.4, -0.2) is 42.4 Å². The van der Waals surface area contributed by atoms with Gasteiger partial charge in [-0.2, -0.15) is 0 Å². The molecular formula is C11H13N5O2. The maximum Gasteiger partial charge on any atom is 0.169 e. The third-order valence-electron chi connectivity index (χ3n) is 3.12. The van der Waals surface area contributed by atoms with Crippen LogP contribution in [0.4, 0.5) is 5.82 Å². The minimum atomic E-state index is -0.689. The second kappa shape index (κ2) is 4.04. The molecule has 2 heterocycles. The van der Waals surface area contributed by atoms with E-state index in [1.807, 2.05) is 6.20 Å². The van der Waals surface area contributed by atoms with Crippen LogP contribution in [0.5, 0.6) is 0 Å². The normalized spacial score (nSPS) is 22.6. The van der Waals surface area contributed by atoms with Gasteiger partial charge in [0, 0.05) is 12.1 Å². The Hall–Kier alpha value is -1.99. The largest absolute Gasteiger partial charge is 0.394 e. The number of fused-ring (bicyclic) bond motifs is 1. The molecule has 0 saturated heterocycles. The number of hydrogen-bond acceptors (Lipinski definition) is 6. The van der Waals surface area contributed by atoms with Crippen molar-refractivity contribution in [2.24, 2.45) is 5.92 Å². The van der Waals surface area contributed by atoms with Crippen LogP contribution in [0.2, 0.25) is 0 Å². The second-order valence-corrected chi connectivity index (χ2v) is 4.35. The maximum absolute atomic E-state index is 9.49. The summed E-state index contributed by atoms with van der Waals surface area (Å²) in [5, 5.41) is 18.4. The molecule has 0 unspecified atom stereocenters. The summed E-state index contributed by atoms with van der Waals surface area (Å²) in [5.74, 6) is 0.381. The molecule has 7 nitrogen and oxygen atoms in total. The van der Waals surface area contributed by atoms with Crippen molar-refractivity contribution in [3.05, 3.63) is 18.2 Å². The summed E-state index contributed by atoms with van der Waals surface area (Å²) in [6.45, 7) is -0.220. The molecule has 7 heteroatoms. The number of aliphatic hydroxyl groups is 2. The number of aliphatic hydroxyl groups excluding tert-OH is 2. The number of nitrogen functional groups attached to an aromatic ring is 1. The summed E-state index contributed by atoms with van der Waals surface area (Å²) < 4.78 is 1.76. The topological polar surface area (TPSA) is 110 Å². The molecule has 0 amide bonds. The molecule has 1 aliphatic carbocycles. The molecule has 0 radical (unpaired) electrons. The quantitative estimate of drug-likeness (QED) is 0.682. The zero-order chi connectivity index (χ0) is 12.7. The molecule has 2 aromatic rings. The number of nitrogens with two attached hydrogens (primary N) is 1. The highest BCUT2D eigenvalue weighted by molar-refractivity contribution is 5.82. The second-order valence-electron chi connectivity index (χ2n) is 4.35. The van der Waals surface area contributed by atoms with Gasteiger partial charge >= 0.3 is 0 Å². The molecule has 1 saturated carbocycles. The van der Waals surface area contributed by atoms with Crippen LogP contribution in [0.25, 0.3) is 17.4 Å². The monoisotopic (exact) mass is 247 g/mol. The molecule has 0 aromatic carbocycles. The lowest BCUT2D eigenvalue weighted by Crippen LogP contribution is -2.14. The van der Waals surface area contributed by atoms with Crippen molar-refractivity contribution in [2.45, 2.75) is 12.5 Å². The first-order chi connectivity index (χ1) is 8.70. The van der Waals surface area contributed by atoms with Gasteiger partial charge in [-0.25, -0.2) is 15.0 Å². The molecule has 1 aliphatic rings. The number of rotatable bonds is 3. The fourth-order valence-corrected chi connectivity index (χ4v) is 2.00. The highest BCUT2D eigenvalue weighted by Gasteiger charge is 2.36. The lowest BCUT2D eigenvalue weighted by molar-refractivity contribution is 0.0815. The third kappa shape index (κ3) is 1.73. The van der Waals surface area contributed by atoms with Crippen LogP contribution in [0.1, 0.15) is 6.42 Å². The summed E-state index contributed by atoms with van der Waals surface area (Å²) in [4.78, 5) is 12.1. The van der Waals surface area contributed by atoms with Crippen LogP contribution < -0.4 is 5.73 Å². The van der Waals surface area contributed by atoms with Crippen molar-refractivity contribution < 1.29 is 10.2 Å². The van der Waals surface area contributed by atoms with E-state index in [-0.39, 0.29) is 12.5 Å². The van der Waals surface area contributed by atoms with Gasteiger partial charge in [0.2, 0.25) is 0 Å². The van der Waals surface area contributed by atoms with Crippen molar-refractivity contribution in [2.75, 3.05) is 12.3 Å². The maximum atomic E-state index is 9.49. The highest BCUT2D eigenvalue weighted by atomic mass is 16.3. The minimum absolute atomic E-state index is 0.0339. The van der Waals surface area contributed by atoms with E-state index in [4.69, 9.17) is 10.8 Å². The molecule has 94 valence electrons. The Balaban J connectivity index is 1.93. The van der Waals surface area contributed by atoms with E-state index in [9.17, 15) is 5.11 Å². The Morgan fingerprint density at radius 1 is 1.50 bits per heavy atom. The van der Waals surface area contributed by atoms with Crippen molar-refractivity contribution in [1.29, 1.82) is 0 Å². The van der Waals surface area contributed by atoms with E-state index in [1.54, 1.807) is 10.9 Å². The van der Waals surface area contributed by atoms with Gasteiger partial charge in [0.25, 0.3) is 0 Å². The van der Waals surface area contributed by atoms with Gasteiger partial charge in [-0.05, 0) is 12.0 Å². The SMILES string of the molecule is Nc1ncnc2c1ncn2/C=C1/C[C@@H]1[C@H](O)CO. The molecule has 0 bridgehead atoms. The van der Waals surface area contributed by atoms with Gasteiger partial charge in [0.1, 0.15) is 12.7 Å². The Kier molecular flexibility index (Phi) is 2.49. The van der Waals surface area contributed by atoms with E-state index in [1.165, 1.54) is 6.33 Å². The van der Waals surface area contributed by atoms with Gasteiger partial charge in [-0.15, -0.1) is 0 Å². The average molecular weight is 247 g/mol. The summed E-state index contributed by atoms with van der Waals surface area (Å²) >= 11 is 0. The average Bonchev–Trinajstić information content (AvgIpc) is 3.02. The van der Waals surface area contributed by atoms with Gasteiger partial charge in [-0.3, -0.25) is 4.57 Å². The zero-order valence-electron chi connectivity index (χ0n) is 9.56. The molecule has 18 heavy (non-hydrogen) atoms. The standard InChI is InChI=1S/C11H13N5O2/c12-10-9-11(14-4-13-10)16(5-15-9)2-6-1-7(6)8(18)3-17/h2,4-5,7-8,17-18H,1,3H2,(H2,12,13,14)/b6-2-/t7-,8+/m0/s1. The molecule has 1 fully saturated rings. The van der Waals surface area contributed by atoms with E-state index < -0.39 is 6.10 Å². The number of anilines is 1. The summed E-state index contributed by atoms with van der Waals surface area (Å²) in [6.07, 6.45) is 4.96. The first-order valence-corrected chi connectivity index (χ1v) is 5.63. The first-order valence-electron chi connectivity index (χ1n) is 5.63. The van der Waals surface area contributed by atoms with E-state index in [0.717, 1.165) is 12.0 Å². The first kappa shape index (κ1) is 11.1. The third-order valence-corrected chi connectivity index (χ3v) is 3.12. The highest BCUT2D eigenvalue weighted by Crippen LogP contribution is 2.41. The van der Waals surface area contributed by atoms with Crippen LogP contribution in [-0.2, 0) is 0 Å². The summed E-state index contributed by atoms with van der Waals surface area (Å²) in [5.41, 5.74) is 7.96. The molecule has 0 spiro atoms. The molecule has 0 aliphatic heterocycles. The fraction of sp³-hybridized carbons (Fsp3) is 0.364. The fourth-order valence-electron chi connectivity index (χ4n) is 2.00. The van der Waals surface area contributed by atoms with E-state index in [0.29, 0.717) is 17.0 Å². The lowest BCUT2D eigenvalue weighted by Gasteiger charge is -2.01. The Morgan fingerprint density at radius 3 is 3.11 bits per heavy atom. The van der Waals surface area contributed by atoms with Crippen molar-refractivity contribution in [3.63, 3.8) is 0 Å². The Morgan fingerprint density at radius 2 is 2.33 bits per heavy atom. The zero-order valence-corrected chi connectivity index (χ0v) is 9.56. The van der Waals surface area contributed by atoms with Crippen molar-refractivity contribution in [3.8, 4) is 0 Å². The predicted octanol–water partition coefficient (Wildman–Crippen LogP) is -0.378. The molecule has 4 N–H and O–H groups in total. The number of imidazole rings is 1. The summed E-state index contributed by atoms with van der Waals surface area (Å²) in [6, 6.07) is 0. The molecule has 2 aromatic heterocycles. The van der Waals surface area contributed by atoms with Crippen molar-refractivity contribution in [1.82, 2.24) is 19.5 Å². The Labute approximate surface area is 103 Å². The van der Waals surface area contributed by atoms with Gasteiger partial charge in [0.15, 0.2) is 17.0 Å². The van der Waals surface area contributed by atoms with E-state index >= 15 is 0 Å². The van der Waals surface area contributed by atoms with Crippen LogP contribution in [0.3, 0.4) is 0 Å². The van der Waals surface area contributed by atoms with Crippen LogP contribution in [0.15, 0.2) is 18.2 Å². The van der Waals surface area contributed by atoms with Gasteiger partial charge in [0.05, 0.1) is 12.7 Å². The predicted molar refractivity (Wildman–Crippen MR) is 65.2 cm³/mol. The summed E-state index contributed by atoms with van der Waals surface area (Å²) in [7, 11) is 0. The number of aromatic nitrogens is 4. The van der Waals surface area contributed by atoms with Gasteiger partial charge in [-0.1, -0.05) is 0 Å². The van der Waals surface area contributed by atoms with E-state index in [2.05, 4.69) is 15.0 Å². The minimum Gasteiger partial charge on any atom is -0.394 e. The molecular weight excluding hydrogens is 234 g/mol. The molecule has 3 rings (SSSR count). The Bertz CT molecular complexity index is 621. The smallest absolute Gasteiger partial charge is 0.169 e. The number of hydrogen-bond donors (Lipinski definition) is 3. The lowest BCUT2D eigenvalue weighted by atomic mass is 10.2. The number of nitrogens with zero attached hydrogens (tertiary/aromatic N) is 4. The van der Waals surface area contributed by atoms with Gasteiger partial charge < -0.3 is 15.9 Å². The van der Waals surface area contributed by atoms with Crippen molar-refractivity contribution >= 4 is 23.2 Å². The van der Waals surface area contributed by atoms with Crippen LogP contribution in [0, 0.1) is 5.92 Å².